The van der Waals surface area contributed by atoms with E-state index in [0.29, 0.717) is 19.1 Å². The second kappa shape index (κ2) is 9.23. The van der Waals surface area contributed by atoms with Crippen LogP contribution in [0, 0.1) is 12.8 Å². The maximum absolute atomic E-state index is 11.7. The van der Waals surface area contributed by atoms with Crippen molar-refractivity contribution in [2.45, 2.75) is 33.2 Å². The van der Waals surface area contributed by atoms with E-state index in [0.717, 1.165) is 17.7 Å². The molecule has 0 spiro atoms. The molecule has 118 valence electrons. The molecule has 3 N–H and O–H groups in total. The number of hydrogen-bond acceptors (Lipinski definition) is 3. The summed E-state index contributed by atoms with van der Waals surface area (Å²) in [4.78, 5) is 11.7. The van der Waals surface area contributed by atoms with E-state index in [-0.39, 0.29) is 18.7 Å². The standard InChI is InChI=1S/C16H26N2O3/c1-12(2)10-14(11-19)18-16(20)17-8-9-21-15-7-5-4-6-13(15)3/h4-7,12,14,19H,8-11H2,1-3H3,(H2,17,18,20). The minimum Gasteiger partial charge on any atom is -0.491 e. The van der Waals surface area contributed by atoms with Crippen molar-refractivity contribution < 1.29 is 14.6 Å². The van der Waals surface area contributed by atoms with Gasteiger partial charge in [-0.25, -0.2) is 4.79 Å². The third-order valence-corrected chi connectivity index (χ3v) is 3.05. The van der Waals surface area contributed by atoms with Crippen LogP contribution >= 0.6 is 0 Å². The highest BCUT2D eigenvalue weighted by Crippen LogP contribution is 2.15. The van der Waals surface area contributed by atoms with Crippen LogP contribution in [0.3, 0.4) is 0 Å². The molecule has 1 atom stereocenters. The molecular formula is C16H26N2O3. The van der Waals surface area contributed by atoms with Gasteiger partial charge in [-0.2, -0.15) is 0 Å². The van der Waals surface area contributed by atoms with Crippen LogP contribution in [-0.4, -0.2) is 36.9 Å². The van der Waals surface area contributed by atoms with E-state index in [2.05, 4.69) is 24.5 Å². The Labute approximate surface area is 126 Å². The molecule has 1 aromatic carbocycles. The van der Waals surface area contributed by atoms with Crippen molar-refractivity contribution in [1.29, 1.82) is 0 Å². The summed E-state index contributed by atoms with van der Waals surface area (Å²) in [5.41, 5.74) is 1.07. The smallest absolute Gasteiger partial charge is 0.315 e. The van der Waals surface area contributed by atoms with E-state index in [1.165, 1.54) is 0 Å². The van der Waals surface area contributed by atoms with Gasteiger partial charge in [0.15, 0.2) is 0 Å². The highest BCUT2D eigenvalue weighted by atomic mass is 16.5. The monoisotopic (exact) mass is 294 g/mol. The zero-order valence-electron chi connectivity index (χ0n) is 13.1. The van der Waals surface area contributed by atoms with Gasteiger partial charge in [-0.15, -0.1) is 0 Å². The lowest BCUT2D eigenvalue weighted by Gasteiger charge is -2.18. The number of aryl methyl sites for hydroxylation is 1. The first-order valence-corrected chi connectivity index (χ1v) is 7.36. The third kappa shape index (κ3) is 6.99. The van der Waals surface area contributed by atoms with Gasteiger partial charge in [0.1, 0.15) is 12.4 Å². The maximum Gasteiger partial charge on any atom is 0.315 e. The number of carbonyl (C=O) groups is 1. The van der Waals surface area contributed by atoms with Crippen molar-refractivity contribution >= 4 is 6.03 Å². The first kappa shape index (κ1) is 17.3. The first-order chi connectivity index (χ1) is 10.0. The second-order valence-corrected chi connectivity index (χ2v) is 5.52. The van der Waals surface area contributed by atoms with Gasteiger partial charge in [0.25, 0.3) is 0 Å². The van der Waals surface area contributed by atoms with E-state index in [9.17, 15) is 9.90 Å². The zero-order chi connectivity index (χ0) is 15.7. The Balaban J connectivity index is 2.23. The summed E-state index contributed by atoms with van der Waals surface area (Å²) in [6.07, 6.45) is 0.754. The summed E-state index contributed by atoms with van der Waals surface area (Å²) in [7, 11) is 0. The number of rotatable bonds is 8. The molecule has 5 heteroatoms. The molecule has 0 aliphatic carbocycles. The Bertz CT molecular complexity index is 435. The predicted octanol–water partition coefficient (Wildman–Crippen LogP) is 2.08. The van der Waals surface area contributed by atoms with Crippen molar-refractivity contribution in [2.24, 2.45) is 5.92 Å². The highest BCUT2D eigenvalue weighted by molar-refractivity contribution is 5.74. The van der Waals surface area contributed by atoms with Crippen molar-refractivity contribution in [3.8, 4) is 5.75 Å². The highest BCUT2D eigenvalue weighted by Gasteiger charge is 2.12. The average Bonchev–Trinajstić information content (AvgIpc) is 2.44. The van der Waals surface area contributed by atoms with Crippen LogP contribution in [0.2, 0.25) is 0 Å². The minimum absolute atomic E-state index is 0.0503. The van der Waals surface area contributed by atoms with Crippen LogP contribution in [-0.2, 0) is 0 Å². The Kier molecular flexibility index (Phi) is 7.61. The number of amides is 2. The van der Waals surface area contributed by atoms with Crippen molar-refractivity contribution in [3.63, 3.8) is 0 Å². The van der Waals surface area contributed by atoms with Crippen LogP contribution in [0.1, 0.15) is 25.8 Å². The summed E-state index contributed by atoms with van der Waals surface area (Å²) in [6.45, 7) is 6.86. The normalized spacial score (nSPS) is 12.0. The molecular weight excluding hydrogens is 268 g/mol. The van der Waals surface area contributed by atoms with Gasteiger partial charge in [0.05, 0.1) is 19.2 Å². The summed E-state index contributed by atoms with van der Waals surface area (Å²) in [6, 6.07) is 7.27. The van der Waals surface area contributed by atoms with E-state index < -0.39 is 0 Å². The van der Waals surface area contributed by atoms with Crippen molar-refractivity contribution in [2.75, 3.05) is 19.8 Å². The number of hydrogen-bond donors (Lipinski definition) is 3. The molecule has 1 rings (SSSR count). The van der Waals surface area contributed by atoms with Gasteiger partial charge >= 0.3 is 6.03 Å². The number of para-hydroxylation sites is 1. The lowest BCUT2D eigenvalue weighted by molar-refractivity contribution is 0.205. The van der Waals surface area contributed by atoms with Crippen LogP contribution in [0.25, 0.3) is 0 Å². The molecule has 1 aromatic rings. The fourth-order valence-corrected chi connectivity index (χ4v) is 2.03. The number of carbonyl (C=O) groups excluding carboxylic acids is 1. The van der Waals surface area contributed by atoms with E-state index in [1.54, 1.807) is 0 Å². The molecule has 1 unspecified atom stereocenters. The van der Waals surface area contributed by atoms with Crippen LogP contribution < -0.4 is 15.4 Å². The van der Waals surface area contributed by atoms with Gasteiger partial charge in [-0.05, 0) is 30.9 Å². The molecule has 0 saturated heterocycles. The number of benzene rings is 1. The van der Waals surface area contributed by atoms with E-state index >= 15 is 0 Å². The molecule has 0 radical (unpaired) electrons. The molecule has 0 fully saturated rings. The van der Waals surface area contributed by atoms with E-state index in [4.69, 9.17) is 4.74 Å². The molecule has 0 aliphatic rings. The lowest BCUT2D eigenvalue weighted by Crippen LogP contribution is -2.45. The number of aliphatic hydroxyl groups excluding tert-OH is 1. The lowest BCUT2D eigenvalue weighted by atomic mass is 10.0. The van der Waals surface area contributed by atoms with Crippen LogP contribution in [0.15, 0.2) is 24.3 Å². The maximum atomic E-state index is 11.7. The molecule has 0 bridgehead atoms. The second-order valence-electron chi connectivity index (χ2n) is 5.52. The van der Waals surface area contributed by atoms with Gasteiger partial charge in [-0.3, -0.25) is 0 Å². The van der Waals surface area contributed by atoms with E-state index in [1.807, 2.05) is 31.2 Å². The number of nitrogens with one attached hydrogen (secondary N) is 2. The summed E-state index contributed by atoms with van der Waals surface area (Å²) in [5, 5.41) is 14.7. The molecule has 21 heavy (non-hydrogen) atoms. The summed E-state index contributed by atoms with van der Waals surface area (Å²) in [5.74, 6) is 1.25. The third-order valence-electron chi connectivity index (χ3n) is 3.05. The number of aliphatic hydroxyl groups is 1. The number of ether oxygens (including phenoxy) is 1. The van der Waals surface area contributed by atoms with Crippen LogP contribution in [0.5, 0.6) is 5.75 Å². The predicted molar refractivity (Wildman–Crippen MR) is 83.5 cm³/mol. The first-order valence-electron chi connectivity index (χ1n) is 7.36. The zero-order valence-corrected chi connectivity index (χ0v) is 13.1. The quantitative estimate of drug-likeness (QED) is 0.643. The summed E-state index contributed by atoms with van der Waals surface area (Å²) >= 11 is 0. The fourth-order valence-electron chi connectivity index (χ4n) is 2.03. The van der Waals surface area contributed by atoms with Crippen molar-refractivity contribution in [1.82, 2.24) is 10.6 Å². The Morgan fingerprint density at radius 2 is 2.05 bits per heavy atom. The molecule has 0 saturated carbocycles. The van der Waals surface area contributed by atoms with Crippen molar-refractivity contribution in [3.05, 3.63) is 29.8 Å². The molecule has 0 heterocycles. The number of urea groups is 1. The Morgan fingerprint density at radius 1 is 1.33 bits per heavy atom. The van der Waals surface area contributed by atoms with Gasteiger partial charge in [0, 0.05) is 0 Å². The Hall–Kier alpha value is -1.75. The molecule has 0 aromatic heterocycles. The van der Waals surface area contributed by atoms with Crippen LogP contribution in [0.4, 0.5) is 4.79 Å². The Morgan fingerprint density at radius 3 is 2.67 bits per heavy atom. The SMILES string of the molecule is Cc1ccccc1OCCNC(=O)NC(CO)CC(C)C. The molecule has 5 nitrogen and oxygen atoms in total. The molecule has 0 aliphatic heterocycles. The van der Waals surface area contributed by atoms with Gasteiger partial charge in [-0.1, -0.05) is 32.0 Å². The average molecular weight is 294 g/mol. The van der Waals surface area contributed by atoms with Gasteiger partial charge < -0.3 is 20.5 Å². The topological polar surface area (TPSA) is 70.6 Å². The summed E-state index contributed by atoms with van der Waals surface area (Å²) < 4.78 is 5.59. The van der Waals surface area contributed by atoms with Gasteiger partial charge in [0.2, 0.25) is 0 Å². The molecule has 2 amide bonds. The fraction of sp³-hybridized carbons (Fsp3) is 0.562. The minimum atomic E-state index is -0.275. The largest absolute Gasteiger partial charge is 0.491 e.